The van der Waals surface area contributed by atoms with Crippen LogP contribution in [0.1, 0.15) is 12.1 Å². The number of rotatable bonds is 4. The van der Waals surface area contributed by atoms with Gasteiger partial charge >= 0.3 is 0 Å². The average Bonchev–Trinajstić information content (AvgIpc) is 3.18. The maximum absolute atomic E-state index is 12.5. The highest BCUT2D eigenvalue weighted by atomic mass is 32.2. The predicted molar refractivity (Wildman–Crippen MR) is 103 cm³/mol. The molecule has 1 fully saturated rings. The molecule has 8 heteroatoms. The van der Waals surface area contributed by atoms with Gasteiger partial charge in [-0.1, -0.05) is 12.1 Å². The van der Waals surface area contributed by atoms with Crippen LogP contribution in [-0.4, -0.2) is 40.1 Å². The van der Waals surface area contributed by atoms with Crippen LogP contribution in [0.15, 0.2) is 47.5 Å². The van der Waals surface area contributed by atoms with Gasteiger partial charge in [0, 0.05) is 45.6 Å². The Morgan fingerprint density at radius 1 is 1.23 bits per heavy atom. The molecule has 0 spiro atoms. The molecular formula is C18H19N3O3S2. The first-order chi connectivity index (χ1) is 12.4. The Hall–Kier alpha value is -2.03. The number of sulfonamides is 1. The molecule has 2 aromatic heterocycles. The molecule has 3 heterocycles. The summed E-state index contributed by atoms with van der Waals surface area (Å²) in [4.78, 5) is 7.75. The van der Waals surface area contributed by atoms with Crippen molar-refractivity contribution in [2.24, 2.45) is 0 Å². The van der Waals surface area contributed by atoms with Gasteiger partial charge in [-0.3, -0.25) is 4.21 Å². The van der Waals surface area contributed by atoms with Crippen LogP contribution in [0.25, 0.3) is 22.2 Å². The molecule has 4 rings (SSSR count). The molecule has 0 saturated carbocycles. The van der Waals surface area contributed by atoms with Gasteiger partial charge in [-0.05, 0) is 48.7 Å². The van der Waals surface area contributed by atoms with Gasteiger partial charge in [-0.25, -0.2) is 18.1 Å². The normalized spacial score (nSPS) is 20.7. The number of hydrogen-bond acceptors (Lipinski definition) is 4. The summed E-state index contributed by atoms with van der Waals surface area (Å²) >= 11 is 0. The van der Waals surface area contributed by atoms with Crippen molar-refractivity contribution in [1.29, 1.82) is 0 Å². The second kappa shape index (κ2) is 6.61. The largest absolute Gasteiger partial charge is 0.344 e. The zero-order valence-corrected chi connectivity index (χ0v) is 15.9. The lowest BCUT2D eigenvalue weighted by Gasteiger charge is -2.12. The molecule has 136 valence electrons. The molecule has 1 aliphatic heterocycles. The number of pyridine rings is 1. The number of H-pyrrole nitrogens is 1. The molecule has 1 saturated heterocycles. The van der Waals surface area contributed by atoms with Crippen LogP contribution in [0, 0.1) is 6.92 Å². The highest BCUT2D eigenvalue weighted by Gasteiger charge is 2.26. The molecule has 2 N–H and O–H groups in total. The quantitative estimate of drug-likeness (QED) is 0.716. The van der Waals surface area contributed by atoms with E-state index in [0.717, 1.165) is 27.9 Å². The van der Waals surface area contributed by atoms with E-state index in [-0.39, 0.29) is 10.9 Å². The third kappa shape index (κ3) is 3.32. The standard InChI is InChI=1S/C18H19N3O3S2/c1-12-10-17-16(6-8-19-18(17)20-12)13-2-4-15(5-3-13)26(23,24)21-14-7-9-25(22)11-14/h2-6,8,10,14,21H,7,9,11H2,1H3,(H,19,20). The highest BCUT2D eigenvalue weighted by Crippen LogP contribution is 2.28. The summed E-state index contributed by atoms with van der Waals surface area (Å²) in [6, 6.07) is 10.5. The highest BCUT2D eigenvalue weighted by molar-refractivity contribution is 7.89. The van der Waals surface area contributed by atoms with Crippen molar-refractivity contribution in [3.8, 4) is 11.1 Å². The van der Waals surface area contributed by atoms with Gasteiger partial charge in [0.2, 0.25) is 10.0 Å². The third-order valence-electron chi connectivity index (χ3n) is 4.55. The Morgan fingerprint density at radius 2 is 2.00 bits per heavy atom. The molecule has 0 amide bonds. The lowest BCUT2D eigenvalue weighted by Crippen LogP contribution is -2.35. The number of aryl methyl sites for hydroxylation is 1. The van der Waals surface area contributed by atoms with Crippen molar-refractivity contribution in [1.82, 2.24) is 14.7 Å². The SMILES string of the molecule is Cc1cc2c(-c3ccc(S(=O)(=O)NC4CCS(=O)C4)cc3)ccnc2[nH]1. The minimum absolute atomic E-state index is 0.217. The van der Waals surface area contributed by atoms with E-state index in [4.69, 9.17) is 0 Å². The van der Waals surface area contributed by atoms with Crippen molar-refractivity contribution in [3.63, 3.8) is 0 Å². The Labute approximate surface area is 154 Å². The Bertz CT molecular complexity index is 1090. The van der Waals surface area contributed by atoms with Crippen LogP contribution in [-0.2, 0) is 20.8 Å². The van der Waals surface area contributed by atoms with Gasteiger partial charge in [0.25, 0.3) is 0 Å². The summed E-state index contributed by atoms with van der Waals surface area (Å²) in [7, 11) is -4.53. The molecule has 26 heavy (non-hydrogen) atoms. The van der Waals surface area contributed by atoms with E-state index in [1.807, 2.05) is 19.1 Å². The van der Waals surface area contributed by atoms with Gasteiger partial charge in [-0.2, -0.15) is 0 Å². The second-order valence-corrected chi connectivity index (χ2v) is 9.85. The summed E-state index contributed by atoms with van der Waals surface area (Å²) in [6.07, 6.45) is 2.35. The monoisotopic (exact) mass is 389 g/mol. The van der Waals surface area contributed by atoms with Crippen LogP contribution >= 0.6 is 0 Å². The van der Waals surface area contributed by atoms with E-state index in [2.05, 4.69) is 14.7 Å². The van der Waals surface area contributed by atoms with Crippen LogP contribution < -0.4 is 4.72 Å². The first-order valence-corrected chi connectivity index (χ1v) is 11.3. The maximum atomic E-state index is 12.5. The van der Waals surface area contributed by atoms with Gasteiger partial charge < -0.3 is 4.98 Å². The first-order valence-electron chi connectivity index (χ1n) is 8.34. The van der Waals surface area contributed by atoms with E-state index in [9.17, 15) is 12.6 Å². The number of aromatic amines is 1. The molecule has 2 unspecified atom stereocenters. The zero-order valence-electron chi connectivity index (χ0n) is 14.2. The van der Waals surface area contributed by atoms with Gasteiger partial charge in [0.05, 0.1) is 4.90 Å². The van der Waals surface area contributed by atoms with Crippen molar-refractivity contribution < 1.29 is 12.6 Å². The Morgan fingerprint density at radius 3 is 2.69 bits per heavy atom. The number of benzene rings is 1. The zero-order chi connectivity index (χ0) is 18.3. The summed E-state index contributed by atoms with van der Waals surface area (Å²) in [5.74, 6) is 0.944. The molecular weight excluding hydrogens is 370 g/mol. The van der Waals surface area contributed by atoms with Gasteiger partial charge in [-0.15, -0.1) is 0 Å². The second-order valence-electron chi connectivity index (χ2n) is 6.52. The smallest absolute Gasteiger partial charge is 0.240 e. The lowest BCUT2D eigenvalue weighted by atomic mass is 10.0. The fourth-order valence-corrected chi connectivity index (χ4v) is 6.06. The van der Waals surface area contributed by atoms with Crippen LogP contribution in [0.5, 0.6) is 0 Å². The number of nitrogens with zero attached hydrogens (tertiary/aromatic N) is 1. The van der Waals surface area contributed by atoms with Gasteiger partial charge in [0.1, 0.15) is 5.65 Å². The van der Waals surface area contributed by atoms with Crippen molar-refractivity contribution >= 4 is 31.9 Å². The molecule has 0 aliphatic carbocycles. The van der Waals surface area contributed by atoms with Crippen LogP contribution in [0.2, 0.25) is 0 Å². The van der Waals surface area contributed by atoms with Crippen molar-refractivity contribution in [2.45, 2.75) is 24.3 Å². The van der Waals surface area contributed by atoms with E-state index in [1.54, 1.807) is 30.5 Å². The van der Waals surface area contributed by atoms with Crippen LogP contribution in [0.4, 0.5) is 0 Å². The van der Waals surface area contributed by atoms with Gasteiger partial charge in [0.15, 0.2) is 0 Å². The molecule has 3 aromatic rings. The summed E-state index contributed by atoms with van der Waals surface area (Å²) in [5, 5.41) is 1.01. The fourth-order valence-electron chi connectivity index (χ4n) is 3.27. The Kier molecular flexibility index (Phi) is 4.42. The van der Waals surface area contributed by atoms with E-state index in [1.165, 1.54) is 0 Å². The van der Waals surface area contributed by atoms with E-state index >= 15 is 0 Å². The average molecular weight is 390 g/mol. The minimum Gasteiger partial charge on any atom is -0.344 e. The molecule has 2 atom stereocenters. The maximum Gasteiger partial charge on any atom is 0.240 e. The van der Waals surface area contributed by atoms with Crippen molar-refractivity contribution in [2.75, 3.05) is 11.5 Å². The summed E-state index contributed by atoms with van der Waals surface area (Å²) in [6.45, 7) is 1.98. The first kappa shape index (κ1) is 17.4. The predicted octanol–water partition coefficient (Wildman–Crippen LogP) is 2.34. The van der Waals surface area contributed by atoms with Crippen LogP contribution in [0.3, 0.4) is 0 Å². The lowest BCUT2D eigenvalue weighted by molar-refractivity contribution is 0.563. The molecule has 0 bridgehead atoms. The third-order valence-corrected chi connectivity index (χ3v) is 7.55. The van der Waals surface area contributed by atoms with E-state index in [0.29, 0.717) is 17.9 Å². The Balaban J connectivity index is 1.63. The minimum atomic E-state index is -3.61. The number of aromatic nitrogens is 2. The topological polar surface area (TPSA) is 91.9 Å². The fraction of sp³-hybridized carbons (Fsp3) is 0.278. The molecule has 0 radical (unpaired) electrons. The molecule has 6 nitrogen and oxygen atoms in total. The number of nitrogens with one attached hydrogen (secondary N) is 2. The van der Waals surface area contributed by atoms with Crippen molar-refractivity contribution in [3.05, 3.63) is 48.3 Å². The number of fused-ring (bicyclic) bond motifs is 1. The molecule has 1 aromatic carbocycles. The number of hydrogen-bond donors (Lipinski definition) is 2. The van der Waals surface area contributed by atoms with E-state index < -0.39 is 20.8 Å². The summed E-state index contributed by atoms with van der Waals surface area (Å²) in [5.41, 5.74) is 3.77. The molecule has 1 aliphatic rings. The summed E-state index contributed by atoms with van der Waals surface area (Å²) < 4.78 is 39.2.